The summed E-state index contributed by atoms with van der Waals surface area (Å²) >= 11 is 0. The fourth-order valence-electron chi connectivity index (χ4n) is 3.41. The third kappa shape index (κ3) is 2.93. The largest absolute Gasteiger partial charge is 0.481 e. The maximum atomic E-state index is 12.4. The molecule has 4 nitrogen and oxygen atoms in total. The molecule has 0 spiro atoms. The lowest BCUT2D eigenvalue weighted by molar-refractivity contribution is -0.154. The molecular weight excluding hydrogens is 242 g/mol. The molecule has 19 heavy (non-hydrogen) atoms. The zero-order chi connectivity index (χ0) is 14.0. The van der Waals surface area contributed by atoms with Gasteiger partial charge in [-0.1, -0.05) is 26.7 Å². The smallest absolute Gasteiger partial charge is 0.310 e. The molecule has 1 heterocycles. The Bertz CT molecular complexity index is 360. The summed E-state index contributed by atoms with van der Waals surface area (Å²) in [7, 11) is 0. The average Bonchev–Trinajstić information content (AvgIpc) is 2.82. The zero-order valence-electron chi connectivity index (χ0n) is 12.0. The molecule has 2 fully saturated rings. The number of rotatable bonds is 3. The Morgan fingerprint density at radius 2 is 1.84 bits per heavy atom. The summed E-state index contributed by atoms with van der Waals surface area (Å²) < 4.78 is 0. The normalized spacial score (nSPS) is 30.3. The van der Waals surface area contributed by atoms with Crippen molar-refractivity contribution < 1.29 is 14.7 Å². The van der Waals surface area contributed by atoms with Gasteiger partial charge in [0.1, 0.15) is 0 Å². The molecule has 0 aromatic carbocycles. The number of carboxylic acid groups (broad SMARTS) is 1. The summed E-state index contributed by atoms with van der Waals surface area (Å²) in [4.78, 5) is 25.7. The van der Waals surface area contributed by atoms with Crippen molar-refractivity contribution in [2.24, 2.45) is 17.3 Å². The number of aliphatic carboxylic acids is 1. The number of hydrogen-bond donors (Lipinski definition) is 1. The van der Waals surface area contributed by atoms with Crippen LogP contribution in [-0.4, -0.2) is 35.0 Å². The second kappa shape index (κ2) is 5.51. The third-order valence-corrected chi connectivity index (χ3v) is 5.19. The molecule has 1 N–H and O–H groups in total. The van der Waals surface area contributed by atoms with Gasteiger partial charge < -0.3 is 10.0 Å². The number of piperidine rings is 1. The van der Waals surface area contributed by atoms with Crippen LogP contribution in [-0.2, 0) is 9.59 Å². The maximum Gasteiger partial charge on any atom is 0.310 e. The number of carbonyl (C=O) groups is 2. The second-order valence-corrected chi connectivity index (χ2v) is 6.55. The quantitative estimate of drug-likeness (QED) is 0.855. The summed E-state index contributed by atoms with van der Waals surface area (Å²) in [6, 6.07) is 0. The molecule has 1 saturated carbocycles. The van der Waals surface area contributed by atoms with Gasteiger partial charge in [0, 0.05) is 19.5 Å². The van der Waals surface area contributed by atoms with Crippen molar-refractivity contribution in [3.63, 3.8) is 0 Å². The van der Waals surface area contributed by atoms with E-state index < -0.39 is 11.4 Å². The van der Waals surface area contributed by atoms with E-state index in [0.717, 1.165) is 32.4 Å². The van der Waals surface area contributed by atoms with Crippen LogP contribution in [0.4, 0.5) is 0 Å². The van der Waals surface area contributed by atoms with Gasteiger partial charge in [0.15, 0.2) is 0 Å². The van der Waals surface area contributed by atoms with Crippen molar-refractivity contribution in [1.29, 1.82) is 0 Å². The van der Waals surface area contributed by atoms with Gasteiger partial charge in [-0.05, 0) is 31.1 Å². The van der Waals surface area contributed by atoms with Gasteiger partial charge in [0.25, 0.3) is 0 Å². The molecule has 1 saturated heterocycles. The molecule has 2 atom stereocenters. The Kier molecular flexibility index (Phi) is 4.16. The molecule has 1 amide bonds. The van der Waals surface area contributed by atoms with Crippen molar-refractivity contribution in [3.05, 3.63) is 0 Å². The molecule has 2 aliphatic rings. The SMILES string of the molecule is CC1CCN(C(=O)CC2(C(=O)O)CCCC2)CC1C. The van der Waals surface area contributed by atoms with Crippen LogP contribution < -0.4 is 0 Å². The van der Waals surface area contributed by atoms with Gasteiger partial charge in [-0.3, -0.25) is 9.59 Å². The zero-order valence-corrected chi connectivity index (χ0v) is 12.0. The van der Waals surface area contributed by atoms with Crippen molar-refractivity contribution in [2.45, 2.75) is 52.4 Å². The minimum absolute atomic E-state index is 0.0445. The number of carbonyl (C=O) groups excluding carboxylic acids is 1. The first-order chi connectivity index (χ1) is 8.94. The minimum atomic E-state index is -0.781. The molecule has 4 heteroatoms. The summed E-state index contributed by atoms with van der Waals surface area (Å²) in [6.07, 6.45) is 4.43. The molecule has 0 aromatic rings. The summed E-state index contributed by atoms with van der Waals surface area (Å²) in [5, 5.41) is 9.43. The van der Waals surface area contributed by atoms with Crippen LogP contribution in [0.1, 0.15) is 52.4 Å². The Labute approximate surface area is 115 Å². The standard InChI is InChI=1S/C15H25NO3/c1-11-5-8-16(10-12(11)2)13(17)9-15(14(18)19)6-3-4-7-15/h11-12H,3-10H2,1-2H3,(H,18,19). The van der Waals surface area contributed by atoms with E-state index in [-0.39, 0.29) is 12.3 Å². The first-order valence-electron chi connectivity index (χ1n) is 7.46. The van der Waals surface area contributed by atoms with Crippen LogP contribution >= 0.6 is 0 Å². The van der Waals surface area contributed by atoms with Crippen molar-refractivity contribution in [3.8, 4) is 0 Å². The topological polar surface area (TPSA) is 57.6 Å². The number of hydrogen-bond acceptors (Lipinski definition) is 2. The van der Waals surface area contributed by atoms with E-state index in [0.29, 0.717) is 24.7 Å². The number of nitrogens with zero attached hydrogens (tertiary/aromatic N) is 1. The van der Waals surface area contributed by atoms with Crippen LogP contribution in [0.25, 0.3) is 0 Å². The summed E-state index contributed by atoms with van der Waals surface area (Å²) in [6.45, 7) is 5.98. The summed E-state index contributed by atoms with van der Waals surface area (Å²) in [5.41, 5.74) is -0.774. The van der Waals surface area contributed by atoms with Crippen LogP contribution in [0.2, 0.25) is 0 Å². The number of amides is 1. The Morgan fingerprint density at radius 3 is 2.37 bits per heavy atom. The average molecular weight is 267 g/mol. The van der Waals surface area contributed by atoms with Crippen molar-refractivity contribution >= 4 is 11.9 Å². The van der Waals surface area contributed by atoms with Crippen molar-refractivity contribution in [2.75, 3.05) is 13.1 Å². The molecule has 0 radical (unpaired) electrons. The lowest BCUT2D eigenvalue weighted by atomic mass is 9.81. The first-order valence-corrected chi connectivity index (χ1v) is 7.46. The lowest BCUT2D eigenvalue weighted by Crippen LogP contribution is -2.45. The van der Waals surface area contributed by atoms with Gasteiger partial charge in [0.2, 0.25) is 5.91 Å². The molecule has 1 aliphatic heterocycles. The molecular formula is C15H25NO3. The Hall–Kier alpha value is -1.06. The third-order valence-electron chi connectivity index (χ3n) is 5.19. The predicted molar refractivity (Wildman–Crippen MR) is 72.7 cm³/mol. The van der Waals surface area contributed by atoms with Gasteiger partial charge >= 0.3 is 5.97 Å². The van der Waals surface area contributed by atoms with Gasteiger partial charge in [-0.25, -0.2) is 0 Å². The Morgan fingerprint density at radius 1 is 1.21 bits per heavy atom. The fraction of sp³-hybridized carbons (Fsp3) is 0.867. The number of likely N-dealkylation sites (tertiary alicyclic amines) is 1. The van der Waals surface area contributed by atoms with E-state index in [4.69, 9.17) is 0 Å². The van der Waals surface area contributed by atoms with Crippen LogP contribution in [0.5, 0.6) is 0 Å². The molecule has 108 valence electrons. The lowest BCUT2D eigenvalue weighted by Gasteiger charge is -2.37. The van der Waals surface area contributed by atoms with Crippen molar-refractivity contribution in [1.82, 2.24) is 4.90 Å². The van der Waals surface area contributed by atoms with E-state index in [1.165, 1.54) is 0 Å². The molecule has 1 aliphatic carbocycles. The van der Waals surface area contributed by atoms with Crippen LogP contribution in [0.3, 0.4) is 0 Å². The predicted octanol–water partition coefficient (Wildman–Crippen LogP) is 2.53. The number of carboxylic acids is 1. The maximum absolute atomic E-state index is 12.4. The highest BCUT2D eigenvalue weighted by Crippen LogP contribution is 2.42. The van der Waals surface area contributed by atoms with E-state index in [9.17, 15) is 14.7 Å². The minimum Gasteiger partial charge on any atom is -0.481 e. The van der Waals surface area contributed by atoms with E-state index >= 15 is 0 Å². The fourth-order valence-corrected chi connectivity index (χ4v) is 3.41. The van der Waals surface area contributed by atoms with E-state index in [2.05, 4.69) is 13.8 Å². The summed E-state index contributed by atoms with van der Waals surface area (Å²) in [5.74, 6) is 0.436. The molecule has 2 unspecified atom stereocenters. The molecule has 0 aromatic heterocycles. The Balaban J connectivity index is 1.98. The monoisotopic (exact) mass is 267 g/mol. The highest BCUT2D eigenvalue weighted by molar-refractivity contribution is 5.85. The first kappa shape index (κ1) is 14.4. The van der Waals surface area contributed by atoms with Crippen LogP contribution in [0, 0.1) is 17.3 Å². The van der Waals surface area contributed by atoms with E-state index in [1.54, 1.807) is 0 Å². The molecule has 0 bridgehead atoms. The second-order valence-electron chi connectivity index (χ2n) is 6.55. The van der Waals surface area contributed by atoms with Gasteiger partial charge in [-0.2, -0.15) is 0 Å². The van der Waals surface area contributed by atoms with E-state index in [1.807, 2.05) is 4.90 Å². The highest BCUT2D eigenvalue weighted by atomic mass is 16.4. The van der Waals surface area contributed by atoms with Crippen LogP contribution in [0.15, 0.2) is 0 Å². The highest BCUT2D eigenvalue weighted by Gasteiger charge is 2.44. The molecule has 2 rings (SSSR count). The van der Waals surface area contributed by atoms with Gasteiger partial charge in [0.05, 0.1) is 5.41 Å². The van der Waals surface area contributed by atoms with Gasteiger partial charge in [-0.15, -0.1) is 0 Å².